The summed E-state index contributed by atoms with van der Waals surface area (Å²) in [5.74, 6) is -1.51. The van der Waals surface area contributed by atoms with Crippen molar-refractivity contribution in [2.75, 3.05) is 13.1 Å². The molecule has 1 aliphatic heterocycles. The van der Waals surface area contributed by atoms with Crippen molar-refractivity contribution in [1.82, 2.24) is 14.5 Å². The summed E-state index contributed by atoms with van der Waals surface area (Å²) >= 11 is 12.3. The number of hydrogen-bond acceptors (Lipinski definition) is 5. The highest BCUT2D eigenvalue weighted by Crippen LogP contribution is 2.30. The molecular weight excluding hydrogens is 513 g/mol. The van der Waals surface area contributed by atoms with Crippen LogP contribution in [0, 0.1) is 0 Å². The number of rotatable bonds is 10. The van der Waals surface area contributed by atoms with Crippen LogP contribution in [0.3, 0.4) is 0 Å². The van der Waals surface area contributed by atoms with Gasteiger partial charge in [0.1, 0.15) is 10.9 Å². The molecule has 0 radical (unpaired) electrons. The summed E-state index contributed by atoms with van der Waals surface area (Å²) in [7, 11) is -4.04. The van der Waals surface area contributed by atoms with Crippen LogP contribution in [0.5, 0.6) is 0 Å². The molecule has 1 N–H and O–H groups in total. The maximum absolute atomic E-state index is 13.3. The lowest BCUT2D eigenvalue weighted by Gasteiger charge is -2.29. The molecular formula is C24H27Cl2N3O5S. The first-order valence-corrected chi connectivity index (χ1v) is 13.4. The van der Waals surface area contributed by atoms with Crippen molar-refractivity contribution in [3.8, 4) is 0 Å². The molecule has 1 atom stereocenters. The maximum Gasteiger partial charge on any atom is 0.269 e. The standard InChI is InChI=1S/C24H27Cl2N3O5S/c1-3-4-12-27-23(31)16(2)28(15-17-9-10-18(25)14-20(17)26)22(30)11-13-29-24(32)19-7-5-6-8-21(19)35(29,33)34/h5-10,14,16H,3-4,11-13,15H2,1-2H3,(H,27,31)/t16-/m0/s1. The van der Waals surface area contributed by atoms with Crippen molar-refractivity contribution in [2.45, 2.75) is 50.6 Å². The van der Waals surface area contributed by atoms with Gasteiger partial charge in [-0.2, -0.15) is 0 Å². The van der Waals surface area contributed by atoms with Crippen molar-refractivity contribution in [3.05, 3.63) is 63.6 Å². The van der Waals surface area contributed by atoms with Crippen LogP contribution in [0.4, 0.5) is 0 Å². The Balaban J connectivity index is 1.79. The van der Waals surface area contributed by atoms with E-state index in [1.54, 1.807) is 31.2 Å². The van der Waals surface area contributed by atoms with Gasteiger partial charge in [-0.25, -0.2) is 12.7 Å². The molecule has 0 unspecified atom stereocenters. The number of hydrogen-bond donors (Lipinski definition) is 1. The average Bonchev–Trinajstić information content (AvgIpc) is 3.01. The molecule has 1 aliphatic rings. The average molecular weight is 540 g/mol. The molecule has 35 heavy (non-hydrogen) atoms. The number of amides is 3. The van der Waals surface area contributed by atoms with Gasteiger partial charge in [0, 0.05) is 36.1 Å². The van der Waals surface area contributed by atoms with Gasteiger partial charge in [0.05, 0.1) is 5.56 Å². The lowest BCUT2D eigenvalue weighted by molar-refractivity contribution is -0.140. The summed E-state index contributed by atoms with van der Waals surface area (Å²) < 4.78 is 26.3. The summed E-state index contributed by atoms with van der Waals surface area (Å²) in [5.41, 5.74) is 0.656. The van der Waals surface area contributed by atoms with E-state index in [1.807, 2.05) is 6.92 Å². The van der Waals surface area contributed by atoms with Crippen molar-refractivity contribution in [1.29, 1.82) is 0 Å². The molecule has 188 valence electrons. The zero-order valence-electron chi connectivity index (χ0n) is 19.5. The van der Waals surface area contributed by atoms with Gasteiger partial charge in [-0.05, 0) is 43.2 Å². The SMILES string of the molecule is CCCCNC(=O)[C@H](C)N(Cc1ccc(Cl)cc1Cl)C(=O)CCN1C(=O)c2ccccc2S1(=O)=O. The lowest BCUT2D eigenvalue weighted by atomic mass is 10.1. The molecule has 2 aromatic rings. The predicted molar refractivity (Wildman–Crippen MR) is 134 cm³/mol. The summed E-state index contributed by atoms with van der Waals surface area (Å²) in [6, 6.07) is 9.90. The van der Waals surface area contributed by atoms with Gasteiger partial charge >= 0.3 is 0 Å². The number of carbonyl (C=O) groups is 3. The highest BCUT2D eigenvalue weighted by molar-refractivity contribution is 7.90. The minimum atomic E-state index is -4.04. The van der Waals surface area contributed by atoms with E-state index in [4.69, 9.17) is 23.2 Å². The number of benzene rings is 2. The monoisotopic (exact) mass is 539 g/mol. The molecule has 3 rings (SSSR count). The smallest absolute Gasteiger partial charge is 0.269 e. The van der Waals surface area contributed by atoms with Crippen LogP contribution in [0.1, 0.15) is 49.0 Å². The molecule has 11 heteroatoms. The molecule has 0 spiro atoms. The molecule has 0 fully saturated rings. The minimum Gasteiger partial charge on any atom is -0.354 e. The molecule has 0 aliphatic carbocycles. The van der Waals surface area contributed by atoms with E-state index >= 15 is 0 Å². The van der Waals surface area contributed by atoms with E-state index in [2.05, 4.69) is 5.32 Å². The van der Waals surface area contributed by atoms with Crippen molar-refractivity contribution < 1.29 is 22.8 Å². The molecule has 2 aromatic carbocycles. The van der Waals surface area contributed by atoms with Gasteiger partial charge in [0.25, 0.3) is 15.9 Å². The van der Waals surface area contributed by atoms with Gasteiger partial charge in [-0.15, -0.1) is 0 Å². The number of nitrogens with one attached hydrogen (secondary N) is 1. The minimum absolute atomic E-state index is 0.0120. The number of carbonyl (C=O) groups excluding carboxylic acids is 3. The van der Waals surface area contributed by atoms with Crippen LogP contribution in [0.15, 0.2) is 47.4 Å². The van der Waals surface area contributed by atoms with Crippen LogP contribution in [-0.4, -0.2) is 54.5 Å². The number of fused-ring (bicyclic) bond motifs is 1. The third-order valence-corrected chi connectivity index (χ3v) is 8.22. The third-order valence-electron chi connectivity index (χ3n) is 5.79. The molecule has 1 heterocycles. The van der Waals surface area contributed by atoms with Gasteiger partial charge in [-0.3, -0.25) is 14.4 Å². The fraction of sp³-hybridized carbons (Fsp3) is 0.375. The summed E-state index contributed by atoms with van der Waals surface area (Å²) in [6.45, 7) is 3.74. The van der Waals surface area contributed by atoms with E-state index in [9.17, 15) is 22.8 Å². The fourth-order valence-electron chi connectivity index (χ4n) is 3.75. The third kappa shape index (κ3) is 5.97. The Morgan fingerprint density at radius 2 is 1.86 bits per heavy atom. The summed E-state index contributed by atoms with van der Waals surface area (Å²) in [6.07, 6.45) is 1.40. The molecule has 0 saturated heterocycles. The topological polar surface area (TPSA) is 104 Å². The highest BCUT2D eigenvalue weighted by atomic mass is 35.5. The Hall–Kier alpha value is -2.62. The predicted octanol–water partition coefficient (Wildman–Crippen LogP) is 3.86. The number of sulfonamides is 1. The molecule has 0 aromatic heterocycles. The van der Waals surface area contributed by atoms with Gasteiger partial charge < -0.3 is 10.2 Å². The van der Waals surface area contributed by atoms with Crippen LogP contribution in [0.2, 0.25) is 10.0 Å². The van der Waals surface area contributed by atoms with Gasteiger partial charge in [0.15, 0.2) is 0 Å². The fourth-order valence-corrected chi connectivity index (χ4v) is 5.78. The first-order chi connectivity index (χ1) is 16.6. The number of nitrogens with zero attached hydrogens (tertiary/aromatic N) is 2. The lowest BCUT2D eigenvalue weighted by Crippen LogP contribution is -2.48. The Labute approximate surface area is 215 Å². The van der Waals surface area contributed by atoms with Crippen LogP contribution in [0.25, 0.3) is 0 Å². The van der Waals surface area contributed by atoms with Gasteiger partial charge in [0.2, 0.25) is 11.8 Å². The number of halogens is 2. The van der Waals surface area contributed by atoms with Crippen LogP contribution >= 0.6 is 23.2 Å². The normalized spacial score (nSPS) is 15.0. The van der Waals surface area contributed by atoms with E-state index in [0.29, 0.717) is 26.5 Å². The van der Waals surface area contributed by atoms with Crippen molar-refractivity contribution in [2.24, 2.45) is 0 Å². The van der Waals surface area contributed by atoms with E-state index < -0.39 is 27.9 Å². The molecule has 0 bridgehead atoms. The first-order valence-electron chi connectivity index (χ1n) is 11.2. The second kappa shape index (κ2) is 11.4. The highest BCUT2D eigenvalue weighted by Gasteiger charge is 2.41. The van der Waals surface area contributed by atoms with E-state index in [0.717, 1.165) is 12.8 Å². The largest absolute Gasteiger partial charge is 0.354 e. The quantitative estimate of drug-likeness (QED) is 0.461. The second-order valence-corrected chi connectivity index (χ2v) is 10.9. The van der Waals surface area contributed by atoms with Crippen molar-refractivity contribution in [3.63, 3.8) is 0 Å². The van der Waals surface area contributed by atoms with Gasteiger partial charge in [-0.1, -0.05) is 54.7 Å². The Bertz CT molecular complexity index is 1240. The van der Waals surface area contributed by atoms with E-state index in [1.165, 1.54) is 23.1 Å². The molecule has 0 saturated carbocycles. The van der Waals surface area contributed by atoms with Crippen molar-refractivity contribution >= 4 is 50.9 Å². The summed E-state index contributed by atoms with van der Waals surface area (Å²) in [5, 5.41) is 3.57. The van der Waals surface area contributed by atoms with Crippen LogP contribution in [-0.2, 0) is 26.2 Å². The molecule has 8 nitrogen and oxygen atoms in total. The van der Waals surface area contributed by atoms with E-state index in [-0.39, 0.29) is 35.9 Å². The Morgan fingerprint density at radius 3 is 2.51 bits per heavy atom. The Morgan fingerprint density at radius 1 is 1.14 bits per heavy atom. The zero-order chi connectivity index (χ0) is 25.8. The van der Waals surface area contributed by atoms with Crippen LogP contribution < -0.4 is 5.32 Å². The maximum atomic E-state index is 13.3. The Kier molecular flexibility index (Phi) is 8.79. The number of unbranched alkanes of at least 4 members (excludes halogenated alkanes) is 1. The molecule has 3 amide bonds. The second-order valence-electron chi connectivity index (χ2n) is 8.21. The summed E-state index contributed by atoms with van der Waals surface area (Å²) in [4.78, 5) is 40.0. The zero-order valence-corrected chi connectivity index (χ0v) is 21.8. The first kappa shape index (κ1) is 27.0.